The third kappa shape index (κ3) is 3.95. The Morgan fingerprint density at radius 1 is 1.13 bits per heavy atom. The van der Waals surface area contributed by atoms with Crippen molar-refractivity contribution < 1.29 is 19.1 Å². The van der Waals surface area contributed by atoms with Gasteiger partial charge in [-0.1, -0.05) is 23.5 Å². The lowest BCUT2D eigenvalue weighted by molar-refractivity contribution is -0.140. The second-order valence-electron chi connectivity index (χ2n) is 8.06. The molecule has 2 aliphatic heterocycles. The maximum Gasteiger partial charge on any atom is 0.233 e. The van der Waals surface area contributed by atoms with Crippen LogP contribution in [0.2, 0.25) is 0 Å². The highest BCUT2D eigenvalue weighted by Gasteiger charge is 2.46. The first kappa shape index (κ1) is 20.1. The van der Waals surface area contributed by atoms with Crippen molar-refractivity contribution in [1.29, 1.82) is 0 Å². The second kappa shape index (κ2) is 8.39. The van der Waals surface area contributed by atoms with E-state index in [2.05, 4.69) is 15.2 Å². The Bertz CT molecular complexity index is 1030. The fraction of sp³-hybridized carbons (Fsp3) is 0.455. The zero-order valence-electron chi connectivity index (χ0n) is 17.1. The number of aromatic nitrogens is 1. The molecule has 3 amide bonds. The van der Waals surface area contributed by atoms with Crippen LogP contribution in [-0.2, 0) is 19.1 Å². The molecule has 162 valence electrons. The Morgan fingerprint density at radius 3 is 2.55 bits per heavy atom. The number of ether oxygens (including phenoxy) is 1. The molecule has 1 aromatic heterocycles. The van der Waals surface area contributed by atoms with Gasteiger partial charge in [0.1, 0.15) is 0 Å². The highest BCUT2D eigenvalue weighted by Crippen LogP contribution is 2.35. The van der Waals surface area contributed by atoms with Crippen molar-refractivity contribution in [3.05, 3.63) is 30.4 Å². The van der Waals surface area contributed by atoms with Gasteiger partial charge in [0.2, 0.25) is 17.7 Å². The maximum atomic E-state index is 12.5. The molecule has 0 unspecified atom stereocenters. The first-order valence-corrected chi connectivity index (χ1v) is 11.4. The van der Waals surface area contributed by atoms with Crippen LogP contribution in [0.4, 0.5) is 10.8 Å². The number of morpholine rings is 1. The SMILES string of the molecule is O=C(CCN1C(=O)[C@H]2CC=CC[C@@H]2C1=O)Nc1ccc2nc(N3CCOCC3)sc2c1. The van der Waals surface area contributed by atoms with Gasteiger partial charge in [-0.15, -0.1) is 0 Å². The summed E-state index contributed by atoms with van der Waals surface area (Å²) >= 11 is 1.60. The molecular weight excluding hydrogens is 416 g/mol. The summed E-state index contributed by atoms with van der Waals surface area (Å²) in [5.74, 6) is -1.02. The standard InChI is InChI=1S/C22H24N4O4S/c27-19(7-8-26-20(28)15-3-1-2-4-16(15)21(26)29)23-14-5-6-17-18(13-14)31-22(24-17)25-9-11-30-12-10-25/h1-2,5-6,13,15-16H,3-4,7-12H2,(H,23,27)/t15-,16-/m0/s1. The fourth-order valence-electron chi connectivity index (χ4n) is 4.41. The Labute approximate surface area is 183 Å². The van der Waals surface area contributed by atoms with Gasteiger partial charge in [0.25, 0.3) is 0 Å². The van der Waals surface area contributed by atoms with Crippen LogP contribution in [0.5, 0.6) is 0 Å². The number of thiazole rings is 1. The number of carbonyl (C=O) groups is 3. The van der Waals surface area contributed by atoms with E-state index in [0.717, 1.165) is 28.4 Å². The van der Waals surface area contributed by atoms with Gasteiger partial charge in [-0.05, 0) is 31.0 Å². The molecule has 5 rings (SSSR count). The van der Waals surface area contributed by atoms with E-state index in [1.165, 1.54) is 4.90 Å². The lowest BCUT2D eigenvalue weighted by Crippen LogP contribution is -2.36. The van der Waals surface area contributed by atoms with Crippen molar-refractivity contribution in [1.82, 2.24) is 9.88 Å². The van der Waals surface area contributed by atoms with Crippen LogP contribution < -0.4 is 10.2 Å². The third-order valence-corrected chi connectivity index (χ3v) is 7.18. The summed E-state index contributed by atoms with van der Waals surface area (Å²) in [5.41, 5.74) is 1.58. The van der Waals surface area contributed by atoms with E-state index in [1.807, 2.05) is 30.4 Å². The van der Waals surface area contributed by atoms with E-state index >= 15 is 0 Å². The summed E-state index contributed by atoms with van der Waals surface area (Å²) in [6, 6.07) is 5.65. The lowest BCUT2D eigenvalue weighted by atomic mass is 9.85. The van der Waals surface area contributed by atoms with Crippen molar-refractivity contribution in [2.45, 2.75) is 19.3 Å². The number of nitrogens with zero attached hydrogens (tertiary/aromatic N) is 3. The van der Waals surface area contributed by atoms with Crippen LogP contribution in [0.15, 0.2) is 30.4 Å². The number of imide groups is 1. The third-order valence-electron chi connectivity index (χ3n) is 6.10. The monoisotopic (exact) mass is 440 g/mol. The predicted octanol–water partition coefficient (Wildman–Crippen LogP) is 2.41. The highest BCUT2D eigenvalue weighted by atomic mass is 32.1. The van der Waals surface area contributed by atoms with Crippen molar-refractivity contribution >= 4 is 50.1 Å². The molecule has 8 nitrogen and oxygen atoms in total. The molecule has 0 bridgehead atoms. The van der Waals surface area contributed by atoms with E-state index < -0.39 is 0 Å². The second-order valence-corrected chi connectivity index (χ2v) is 9.07. The summed E-state index contributed by atoms with van der Waals surface area (Å²) in [6.45, 7) is 3.19. The normalized spacial score (nSPS) is 23.5. The van der Waals surface area contributed by atoms with Crippen LogP contribution in [0.1, 0.15) is 19.3 Å². The van der Waals surface area contributed by atoms with Crippen molar-refractivity contribution in [2.75, 3.05) is 43.1 Å². The first-order chi connectivity index (χ1) is 15.1. The Kier molecular flexibility index (Phi) is 5.45. The molecule has 2 fully saturated rings. The Morgan fingerprint density at radius 2 is 1.84 bits per heavy atom. The average molecular weight is 441 g/mol. The molecule has 2 aromatic rings. The molecule has 1 aromatic carbocycles. The average Bonchev–Trinajstić information content (AvgIpc) is 3.32. The molecule has 31 heavy (non-hydrogen) atoms. The van der Waals surface area contributed by atoms with Crippen molar-refractivity contribution in [3.63, 3.8) is 0 Å². The largest absolute Gasteiger partial charge is 0.378 e. The Balaban J connectivity index is 1.20. The van der Waals surface area contributed by atoms with E-state index in [1.54, 1.807) is 11.3 Å². The number of allylic oxidation sites excluding steroid dienone is 2. The van der Waals surface area contributed by atoms with Gasteiger partial charge < -0.3 is 15.0 Å². The molecule has 1 N–H and O–H groups in total. The summed E-state index contributed by atoms with van der Waals surface area (Å²) in [6.07, 6.45) is 5.23. The van der Waals surface area contributed by atoms with Crippen molar-refractivity contribution in [3.8, 4) is 0 Å². The summed E-state index contributed by atoms with van der Waals surface area (Å²) < 4.78 is 6.40. The molecule has 3 aliphatic rings. The molecule has 3 heterocycles. The number of likely N-dealkylation sites (tertiary alicyclic amines) is 1. The van der Waals surface area contributed by atoms with Gasteiger partial charge in [0.05, 0.1) is 35.3 Å². The number of benzene rings is 1. The molecule has 0 spiro atoms. The number of nitrogens with one attached hydrogen (secondary N) is 1. The molecule has 0 radical (unpaired) electrons. The maximum absolute atomic E-state index is 12.5. The van der Waals surface area contributed by atoms with Crippen LogP contribution >= 0.6 is 11.3 Å². The molecule has 2 saturated heterocycles. The fourth-order valence-corrected chi connectivity index (χ4v) is 5.46. The van der Waals surface area contributed by atoms with E-state index in [-0.39, 0.29) is 42.5 Å². The van der Waals surface area contributed by atoms with Gasteiger partial charge in [-0.3, -0.25) is 19.3 Å². The van der Waals surface area contributed by atoms with Crippen LogP contribution in [-0.4, -0.2) is 60.5 Å². The zero-order chi connectivity index (χ0) is 21.4. The number of anilines is 2. The number of carbonyl (C=O) groups excluding carboxylic acids is 3. The Hall–Kier alpha value is -2.78. The smallest absolute Gasteiger partial charge is 0.233 e. The van der Waals surface area contributed by atoms with E-state index in [9.17, 15) is 14.4 Å². The van der Waals surface area contributed by atoms with Gasteiger partial charge in [0.15, 0.2) is 5.13 Å². The van der Waals surface area contributed by atoms with Crippen LogP contribution in [0.3, 0.4) is 0 Å². The van der Waals surface area contributed by atoms with Crippen molar-refractivity contribution in [2.24, 2.45) is 11.8 Å². The zero-order valence-corrected chi connectivity index (χ0v) is 17.9. The van der Waals surface area contributed by atoms with Crippen LogP contribution in [0, 0.1) is 11.8 Å². The quantitative estimate of drug-likeness (QED) is 0.567. The number of amides is 3. The molecule has 9 heteroatoms. The minimum atomic E-state index is -0.255. The summed E-state index contributed by atoms with van der Waals surface area (Å²) in [7, 11) is 0. The van der Waals surface area contributed by atoms with Crippen LogP contribution in [0.25, 0.3) is 10.2 Å². The summed E-state index contributed by atoms with van der Waals surface area (Å²) in [4.78, 5) is 45.7. The van der Waals surface area contributed by atoms with E-state index in [4.69, 9.17) is 4.74 Å². The number of fused-ring (bicyclic) bond motifs is 2. The number of hydrogen-bond donors (Lipinski definition) is 1. The minimum absolute atomic E-state index is 0.0874. The number of rotatable bonds is 5. The molecular formula is C22H24N4O4S. The highest BCUT2D eigenvalue weighted by molar-refractivity contribution is 7.22. The summed E-state index contributed by atoms with van der Waals surface area (Å²) in [5, 5.41) is 3.85. The van der Waals surface area contributed by atoms with Gasteiger partial charge in [0, 0.05) is 31.7 Å². The molecule has 2 atom stereocenters. The first-order valence-electron chi connectivity index (χ1n) is 10.6. The van der Waals surface area contributed by atoms with Gasteiger partial charge in [-0.25, -0.2) is 4.98 Å². The minimum Gasteiger partial charge on any atom is -0.378 e. The number of hydrogen-bond acceptors (Lipinski definition) is 7. The molecule has 0 saturated carbocycles. The van der Waals surface area contributed by atoms with Gasteiger partial charge in [-0.2, -0.15) is 0 Å². The predicted molar refractivity (Wildman–Crippen MR) is 118 cm³/mol. The molecule has 1 aliphatic carbocycles. The van der Waals surface area contributed by atoms with Gasteiger partial charge >= 0.3 is 0 Å². The van der Waals surface area contributed by atoms with E-state index in [0.29, 0.717) is 31.7 Å². The topological polar surface area (TPSA) is 91.8 Å². The lowest BCUT2D eigenvalue weighted by Gasteiger charge is -2.25.